The van der Waals surface area contributed by atoms with Crippen LogP contribution < -0.4 is 4.72 Å². The molecule has 5 nitrogen and oxygen atoms in total. The third kappa shape index (κ3) is 4.65. The lowest BCUT2D eigenvalue weighted by molar-refractivity contribution is 0.167. The van der Waals surface area contributed by atoms with Crippen molar-refractivity contribution in [3.05, 3.63) is 54.0 Å². The lowest BCUT2D eigenvalue weighted by Gasteiger charge is -2.31. The minimum absolute atomic E-state index is 0.166. The summed E-state index contributed by atoms with van der Waals surface area (Å²) in [4.78, 5) is 1.60. The summed E-state index contributed by atoms with van der Waals surface area (Å²) in [7, 11) is -4.06. The number of rotatable bonds is 6. The van der Waals surface area contributed by atoms with E-state index in [1.54, 1.807) is 6.26 Å². The van der Waals surface area contributed by atoms with Crippen LogP contribution in [0.25, 0.3) is 0 Å². The third-order valence-electron chi connectivity index (χ3n) is 4.41. The molecule has 1 aliphatic rings. The number of nitrogens with zero attached hydrogens (tertiary/aromatic N) is 1. The Labute approximate surface area is 145 Å². The highest BCUT2D eigenvalue weighted by atomic mass is 32.2. The van der Waals surface area contributed by atoms with Crippen molar-refractivity contribution in [2.45, 2.75) is 24.3 Å². The van der Waals surface area contributed by atoms with E-state index in [1.165, 1.54) is 0 Å². The fourth-order valence-electron chi connectivity index (χ4n) is 2.96. The summed E-state index contributed by atoms with van der Waals surface area (Å²) in [6.07, 6.45) is 3.30. The molecule has 136 valence electrons. The Balaban J connectivity index is 1.51. The molecule has 0 atom stereocenters. The number of likely N-dealkylation sites (tertiary alicyclic amines) is 1. The van der Waals surface area contributed by atoms with Crippen molar-refractivity contribution < 1.29 is 21.6 Å². The third-order valence-corrected chi connectivity index (χ3v) is 5.85. The molecule has 1 aromatic heterocycles. The molecule has 0 saturated carbocycles. The minimum Gasteiger partial charge on any atom is -0.468 e. The Morgan fingerprint density at radius 1 is 1.20 bits per heavy atom. The first-order valence-corrected chi connectivity index (χ1v) is 9.62. The van der Waals surface area contributed by atoms with E-state index in [0.29, 0.717) is 6.07 Å². The van der Waals surface area contributed by atoms with Gasteiger partial charge in [-0.25, -0.2) is 21.9 Å². The second kappa shape index (κ2) is 7.63. The van der Waals surface area contributed by atoms with Crippen LogP contribution in [-0.4, -0.2) is 33.0 Å². The monoisotopic (exact) mass is 370 g/mol. The lowest BCUT2D eigenvalue weighted by Crippen LogP contribution is -2.38. The highest BCUT2D eigenvalue weighted by Gasteiger charge is 2.24. The van der Waals surface area contributed by atoms with Crippen molar-refractivity contribution in [2.24, 2.45) is 5.92 Å². The van der Waals surface area contributed by atoms with Gasteiger partial charge in [0.2, 0.25) is 10.0 Å². The Morgan fingerprint density at radius 3 is 2.64 bits per heavy atom. The molecular weight excluding hydrogens is 350 g/mol. The molecule has 1 aromatic carbocycles. The van der Waals surface area contributed by atoms with Crippen molar-refractivity contribution in [3.63, 3.8) is 0 Å². The van der Waals surface area contributed by atoms with E-state index in [4.69, 9.17) is 4.42 Å². The van der Waals surface area contributed by atoms with Gasteiger partial charge in [-0.3, -0.25) is 4.90 Å². The number of furan rings is 1. The molecule has 0 bridgehead atoms. The van der Waals surface area contributed by atoms with Gasteiger partial charge in [-0.15, -0.1) is 0 Å². The Morgan fingerprint density at radius 2 is 1.96 bits per heavy atom. The number of halogens is 2. The van der Waals surface area contributed by atoms with E-state index in [-0.39, 0.29) is 12.5 Å². The van der Waals surface area contributed by atoms with Crippen LogP contribution in [0.5, 0.6) is 0 Å². The Bertz CT molecular complexity index is 801. The van der Waals surface area contributed by atoms with Crippen LogP contribution in [0.2, 0.25) is 0 Å². The zero-order chi connectivity index (χ0) is 17.9. The highest BCUT2D eigenvalue weighted by Crippen LogP contribution is 2.20. The van der Waals surface area contributed by atoms with Crippen molar-refractivity contribution in [1.82, 2.24) is 9.62 Å². The van der Waals surface area contributed by atoms with Crippen molar-refractivity contribution in [1.29, 1.82) is 0 Å². The van der Waals surface area contributed by atoms with Crippen LogP contribution in [-0.2, 0) is 16.6 Å². The van der Waals surface area contributed by atoms with Crippen LogP contribution in [0.15, 0.2) is 45.9 Å². The van der Waals surface area contributed by atoms with Crippen molar-refractivity contribution in [2.75, 3.05) is 19.6 Å². The maximum absolute atomic E-state index is 13.7. The molecule has 2 aromatic rings. The molecule has 1 N–H and O–H groups in total. The first-order valence-electron chi connectivity index (χ1n) is 8.13. The van der Waals surface area contributed by atoms with Crippen LogP contribution in [0.4, 0.5) is 8.78 Å². The topological polar surface area (TPSA) is 62.6 Å². The molecule has 8 heteroatoms. The summed E-state index contributed by atoms with van der Waals surface area (Å²) in [5, 5.41) is 0. The highest BCUT2D eigenvalue weighted by molar-refractivity contribution is 7.89. The molecule has 0 unspecified atom stereocenters. The first kappa shape index (κ1) is 18.0. The quantitative estimate of drug-likeness (QED) is 0.849. The van der Waals surface area contributed by atoms with Crippen LogP contribution in [0.1, 0.15) is 18.6 Å². The van der Waals surface area contributed by atoms with Gasteiger partial charge in [-0.1, -0.05) is 0 Å². The molecule has 0 radical (unpaired) electrons. The summed E-state index contributed by atoms with van der Waals surface area (Å²) < 4.78 is 59.0. The molecule has 0 spiro atoms. The van der Waals surface area contributed by atoms with Crippen LogP contribution in [0, 0.1) is 17.6 Å². The number of nitrogens with one attached hydrogen (secondary N) is 1. The molecule has 2 heterocycles. The molecule has 3 rings (SSSR count). The SMILES string of the molecule is O=S(=O)(NCC1CCN(Cc2ccco2)CC1)c1cc(F)ccc1F. The standard InChI is InChI=1S/C17H20F2N2O3S/c18-14-3-4-16(19)17(10-14)25(22,23)20-11-13-5-7-21(8-6-13)12-15-2-1-9-24-15/h1-4,9-10,13,20H,5-8,11-12H2. The largest absolute Gasteiger partial charge is 0.468 e. The van der Waals surface area contributed by atoms with Gasteiger partial charge < -0.3 is 4.42 Å². The molecule has 1 aliphatic heterocycles. The summed E-state index contributed by atoms with van der Waals surface area (Å²) in [5.41, 5.74) is 0. The van der Waals surface area contributed by atoms with E-state index in [2.05, 4.69) is 9.62 Å². The zero-order valence-electron chi connectivity index (χ0n) is 13.6. The Hall–Kier alpha value is -1.77. The fraction of sp³-hybridized carbons (Fsp3) is 0.412. The van der Waals surface area contributed by atoms with Crippen LogP contribution >= 0.6 is 0 Å². The van der Waals surface area contributed by atoms with Crippen molar-refractivity contribution >= 4 is 10.0 Å². The molecular formula is C17H20F2N2O3S. The number of benzene rings is 1. The van der Waals surface area contributed by atoms with Gasteiger partial charge in [0.25, 0.3) is 0 Å². The first-order chi connectivity index (χ1) is 11.9. The molecule has 0 aliphatic carbocycles. The minimum atomic E-state index is -4.06. The lowest BCUT2D eigenvalue weighted by atomic mass is 9.97. The number of hydrogen-bond acceptors (Lipinski definition) is 4. The summed E-state index contributed by atoms with van der Waals surface area (Å²) in [6.45, 7) is 2.62. The van der Waals surface area contributed by atoms with Gasteiger partial charge in [0, 0.05) is 6.54 Å². The van der Waals surface area contributed by atoms with E-state index < -0.39 is 26.6 Å². The van der Waals surface area contributed by atoms with E-state index in [9.17, 15) is 17.2 Å². The fourth-order valence-corrected chi connectivity index (χ4v) is 4.16. The van der Waals surface area contributed by atoms with E-state index in [1.807, 2.05) is 12.1 Å². The average molecular weight is 370 g/mol. The van der Waals surface area contributed by atoms with E-state index >= 15 is 0 Å². The molecule has 1 saturated heterocycles. The zero-order valence-corrected chi connectivity index (χ0v) is 14.4. The normalized spacial score (nSPS) is 17.0. The van der Waals surface area contributed by atoms with Gasteiger partial charge in [0.1, 0.15) is 22.3 Å². The van der Waals surface area contributed by atoms with Crippen molar-refractivity contribution in [3.8, 4) is 0 Å². The average Bonchev–Trinajstić information content (AvgIpc) is 3.09. The predicted molar refractivity (Wildman–Crippen MR) is 88.3 cm³/mol. The van der Waals surface area contributed by atoms with Gasteiger partial charge in [-0.2, -0.15) is 0 Å². The van der Waals surface area contributed by atoms with Gasteiger partial charge in [0.15, 0.2) is 0 Å². The second-order valence-electron chi connectivity index (χ2n) is 6.23. The smallest absolute Gasteiger partial charge is 0.243 e. The maximum Gasteiger partial charge on any atom is 0.243 e. The molecule has 1 fully saturated rings. The summed E-state index contributed by atoms with van der Waals surface area (Å²) in [5.74, 6) is -0.671. The maximum atomic E-state index is 13.7. The number of piperidine rings is 1. The van der Waals surface area contributed by atoms with Crippen LogP contribution in [0.3, 0.4) is 0 Å². The van der Waals surface area contributed by atoms with E-state index in [0.717, 1.165) is 50.4 Å². The Kier molecular flexibility index (Phi) is 5.51. The molecule has 0 amide bonds. The molecule has 25 heavy (non-hydrogen) atoms. The summed E-state index contributed by atoms with van der Waals surface area (Å²) >= 11 is 0. The van der Waals surface area contributed by atoms with Gasteiger partial charge in [-0.05, 0) is 62.2 Å². The second-order valence-corrected chi connectivity index (χ2v) is 7.96. The van der Waals surface area contributed by atoms with Gasteiger partial charge in [0.05, 0.1) is 12.8 Å². The number of hydrogen-bond donors (Lipinski definition) is 1. The van der Waals surface area contributed by atoms with Gasteiger partial charge >= 0.3 is 0 Å². The summed E-state index contributed by atoms with van der Waals surface area (Å²) in [6, 6.07) is 6.18. The number of sulfonamides is 1. The predicted octanol–water partition coefficient (Wildman–Crippen LogP) is 2.75.